The number of carbonyl (C=O) groups is 2. The van der Waals surface area contributed by atoms with Gasteiger partial charge in [-0.3, -0.25) is 4.79 Å². The molecule has 0 aliphatic rings. The second-order valence-electron chi connectivity index (χ2n) is 6.34. The first-order chi connectivity index (χ1) is 14.5. The monoisotopic (exact) mass is 427 g/mol. The van der Waals surface area contributed by atoms with Crippen LogP contribution in [0.1, 0.15) is 24.2 Å². The van der Waals surface area contributed by atoms with Crippen molar-refractivity contribution in [2.45, 2.75) is 13.8 Å². The topological polar surface area (TPSA) is 89.4 Å². The molecule has 3 aromatic rings. The number of aromatic nitrogens is 3. The molecule has 0 saturated heterocycles. The maximum atomic E-state index is 12.3. The Morgan fingerprint density at radius 1 is 1.13 bits per heavy atom. The quantitative estimate of drug-likeness (QED) is 0.553. The Labute approximate surface area is 179 Å². The maximum Gasteiger partial charge on any atom is 0.338 e. The molecule has 1 N–H and O–H groups in total. The molecule has 1 heterocycles. The summed E-state index contributed by atoms with van der Waals surface area (Å²) in [5.41, 5.74) is 2.42. The molecular formula is C21H22ClN5O3. The van der Waals surface area contributed by atoms with Gasteiger partial charge in [-0.05, 0) is 56.3 Å². The molecule has 1 amide bonds. The van der Waals surface area contributed by atoms with Crippen LogP contribution in [-0.2, 0) is 9.53 Å². The molecule has 0 spiro atoms. The number of nitrogens with one attached hydrogen (secondary N) is 1. The van der Waals surface area contributed by atoms with Gasteiger partial charge in [-0.15, -0.1) is 0 Å². The van der Waals surface area contributed by atoms with E-state index in [-0.39, 0.29) is 0 Å². The number of rotatable bonds is 8. The molecule has 3 rings (SSSR count). The SMILES string of the molecule is CCN(CC)c1ccc(C(=O)OCC(=O)Nc2cc(Cl)ccc2-n2cncn2)cc1. The molecule has 1 aromatic heterocycles. The van der Waals surface area contributed by atoms with Crippen LogP contribution in [0.3, 0.4) is 0 Å². The van der Waals surface area contributed by atoms with Gasteiger partial charge < -0.3 is 15.0 Å². The lowest BCUT2D eigenvalue weighted by molar-refractivity contribution is -0.119. The van der Waals surface area contributed by atoms with Crippen molar-refractivity contribution in [1.82, 2.24) is 14.8 Å². The van der Waals surface area contributed by atoms with E-state index in [0.717, 1.165) is 18.8 Å². The smallest absolute Gasteiger partial charge is 0.338 e. The number of hydrogen-bond donors (Lipinski definition) is 1. The molecule has 2 aromatic carbocycles. The van der Waals surface area contributed by atoms with Crippen molar-refractivity contribution in [1.29, 1.82) is 0 Å². The van der Waals surface area contributed by atoms with E-state index >= 15 is 0 Å². The van der Waals surface area contributed by atoms with Gasteiger partial charge in [0.2, 0.25) is 0 Å². The maximum absolute atomic E-state index is 12.3. The standard InChI is InChI=1S/C21H22ClN5O3/c1-3-26(4-2)17-8-5-15(6-9-17)21(29)30-12-20(28)25-18-11-16(22)7-10-19(18)27-14-23-13-24-27/h5-11,13-14H,3-4,12H2,1-2H3,(H,25,28). The summed E-state index contributed by atoms with van der Waals surface area (Å²) in [4.78, 5) is 30.7. The number of anilines is 2. The van der Waals surface area contributed by atoms with Gasteiger partial charge in [0.05, 0.1) is 16.9 Å². The molecule has 30 heavy (non-hydrogen) atoms. The van der Waals surface area contributed by atoms with Crippen LogP contribution in [0, 0.1) is 0 Å². The number of amides is 1. The van der Waals surface area contributed by atoms with Crippen LogP contribution in [0.25, 0.3) is 5.69 Å². The molecule has 0 unspecified atom stereocenters. The van der Waals surface area contributed by atoms with E-state index in [1.807, 2.05) is 12.1 Å². The summed E-state index contributed by atoms with van der Waals surface area (Å²) in [5.74, 6) is -1.06. The first kappa shape index (κ1) is 21.3. The summed E-state index contributed by atoms with van der Waals surface area (Å²) in [6.45, 7) is 5.46. The van der Waals surface area contributed by atoms with Crippen molar-refractivity contribution in [3.8, 4) is 5.69 Å². The van der Waals surface area contributed by atoms with Gasteiger partial charge in [0.1, 0.15) is 12.7 Å². The number of nitrogens with zero attached hydrogens (tertiary/aromatic N) is 4. The van der Waals surface area contributed by atoms with Crippen molar-refractivity contribution in [3.05, 3.63) is 65.7 Å². The van der Waals surface area contributed by atoms with Gasteiger partial charge >= 0.3 is 5.97 Å². The largest absolute Gasteiger partial charge is 0.452 e. The van der Waals surface area contributed by atoms with Gasteiger partial charge in [-0.2, -0.15) is 5.10 Å². The summed E-state index contributed by atoms with van der Waals surface area (Å²) in [6.07, 6.45) is 2.88. The van der Waals surface area contributed by atoms with Gasteiger partial charge in [0.15, 0.2) is 6.61 Å². The Hall–Kier alpha value is -3.39. The molecule has 0 atom stereocenters. The van der Waals surface area contributed by atoms with E-state index in [1.165, 1.54) is 17.3 Å². The Morgan fingerprint density at radius 3 is 2.50 bits per heavy atom. The van der Waals surface area contributed by atoms with E-state index in [1.54, 1.807) is 30.3 Å². The number of carbonyl (C=O) groups excluding carboxylic acids is 2. The zero-order valence-electron chi connectivity index (χ0n) is 16.7. The molecule has 8 nitrogen and oxygen atoms in total. The zero-order valence-corrected chi connectivity index (χ0v) is 17.5. The predicted octanol–water partition coefficient (Wildman–Crippen LogP) is 3.56. The van der Waals surface area contributed by atoms with Gasteiger partial charge in [-0.1, -0.05) is 11.6 Å². The lowest BCUT2D eigenvalue weighted by Gasteiger charge is -2.20. The Bertz CT molecular complexity index is 1000. The summed E-state index contributed by atoms with van der Waals surface area (Å²) in [6, 6.07) is 12.1. The minimum Gasteiger partial charge on any atom is -0.452 e. The third-order valence-corrected chi connectivity index (χ3v) is 4.70. The third kappa shape index (κ3) is 5.15. The van der Waals surface area contributed by atoms with Crippen LogP contribution >= 0.6 is 11.6 Å². The number of benzene rings is 2. The highest BCUT2D eigenvalue weighted by Crippen LogP contribution is 2.24. The summed E-state index contributed by atoms with van der Waals surface area (Å²) in [7, 11) is 0. The molecule has 9 heteroatoms. The normalized spacial score (nSPS) is 10.5. The van der Waals surface area contributed by atoms with Crippen LogP contribution < -0.4 is 10.2 Å². The van der Waals surface area contributed by atoms with Crippen molar-refractivity contribution >= 4 is 34.9 Å². The van der Waals surface area contributed by atoms with Crippen LogP contribution in [-0.4, -0.2) is 46.3 Å². The summed E-state index contributed by atoms with van der Waals surface area (Å²) in [5, 5.41) is 7.19. The fourth-order valence-corrected chi connectivity index (χ4v) is 3.11. The number of halogens is 1. The van der Waals surface area contributed by atoms with Gasteiger partial charge in [-0.25, -0.2) is 14.5 Å². The first-order valence-corrected chi connectivity index (χ1v) is 9.86. The summed E-state index contributed by atoms with van der Waals surface area (Å²) >= 11 is 6.04. The van der Waals surface area contributed by atoms with E-state index in [2.05, 4.69) is 34.1 Å². The minimum atomic E-state index is -0.571. The molecule has 0 aliphatic heterocycles. The highest BCUT2D eigenvalue weighted by Gasteiger charge is 2.14. The van der Waals surface area contributed by atoms with Crippen molar-refractivity contribution in [2.75, 3.05) is 29.9 Å². The second kappa shape index (κ2) is 9.89. The first-order valence-electron chi connectivity index (χ1n) is 9.48. The lowest BCUT2D eigenvalue weighted by Crippen LogP contribution is -2.22. The van der Waals surface area contributed by atoms with Gasteiger partial charge in [0, 0.05) is 23.8 Å². The molecule has 0 fully saturated rings. The Kier molecular flexibility index (Phi) is 7.03. The molecular weight excluding hydrogens is 406 g/mol. The fourth-order valence-electron chi connectivity index (χ4n) is 2.94. The Balaban J connectivity index is 1.61. The second-order valence-corrected chi connectivity index (χ2v) is 6.78. The van der Waals surface area contributed by atoms with Gasteiger partial charge in [0.25, 0.3) is 5.91 Å². The van der Waals surface area contributed by atoms with Crippen LogP contribution in [0.4, 0.5) is 11.4 Å². The summed E-state index contributed by atoms with van der Waals surface area (Å²) < 4.78 is 6.64. The Morgan fingerprint density at radius 2 is 1.87 bits per heavy atom. The van der Waals surface area contributed by atoms with E-state index < -0.39 is 18.5 Å². The predicted molar refractivity (Wildman–Crippen MR) is 115 cm³/mol. The van der Waals surface area contributed by atoms with Crippen LogP contribution in [0.15, 0.2) is 55.1 Å². The highest BCUT2D eigenvalue weighted by molar-refractivity contribution is 6.31. The zero-order chi connectivity index (χ0) is 21.5. The van der Waals surface area contributed by atoms with Crippen LogP contribution in [0.5, 0.6) is 0 Å². The van der Waals surface area contributed by atoms with E-state index in [9.17, 15) is 9.59 Å². The average molecular weight is 428 g/mol. The lowest BCUT2D eigenvalue weighted by atomic mass is 10.2. The van der Waals surface area contributed by atoms with E-state index in [0.29, 0.717) is 22.0 Å². The number of ether oxygens (including phenoxy) is 1. The van der Waals surface area contributed by atoms with Crippen molar-refractivity contribution in [2.24, 2.45) is 0 Å². The molecule has 0 saturated carbocycles. The fraction of sp³-hybridized carbons (Fsp3) is 0.238. The molecule has 0 aliphatic carbocycles. The number of hydrogen-bond acceptors (Lipinski definition) is 6. The molecule has 0 radical (unpaired) electrons. The average Bonchev–Trinajstić information content (AvgIpc) is 3.28. The van der Waals surface area contributed by atoms with E-state index in [4.69, 9.17) is 16.3 Å². The highest BCUT2D eigenvalue weighted by atomic mass is 35.5. The molecule has 0 bridgehead atoms. The minimum absolute atomic E-state index is 0.379. The third-order valence-electron chi connectivity index (χ3n) is 4.46. The van der Waals surface area contributed by atoms with Crippen LogP contribution in [0.2, 0.25) is 5.02 Å². The van der Waals surface area contributed by atoms with Crippen molar-refractivity contribution in [3.63, 3.8) is 0 Å². The number of esters is 1. The van der Waals surface area contributed by atoms with Crippen molar-refractivity contribution < 1.29 is 14.3 Å². The molecule has 156 valence electrons.